The van der Waals surface area contributed by atoms with E-state index in [1.807, 2.05) is 12.1 Å². The first-order valence-corrected chi connectivity index (χ1v) is 8.90. The lowest BCUT2D eigenvalue weighted by molar-refractivity contribution is -0.115. The van der Waals surface area contributed by atoms with Crippen molar-refractivity contribution >= 4 is 10.0 Å². The molecular formula is C14H20N2O4S. The van der Waals surface area contributed by atoms with Gasteiger partial charge in [0.25, 0.3) is 0 Å². The molecule has 1 aromatic heterocycles. The largest absolute Gasteiger partial charge is 0.376 e. The molecule has 0 saturated carbocycles. The molecule has 21 heavy (non-hydrogen) atoms. The third kappa shape index (κ3) is 3.11. The molecule has 6 nitrogen and oxygen atoms in total. The van der Waals surface area contributed by atoms with E-state index in [0.29, 0.717) is 32.9 Å². The van der Waals surface area contributed by atoms with Gasteiger partial charge in [-0.2, -0.15) is 4.31 Å². The van der Waals surface area contributed by atoms with Gasteiger partial charge in [0.15, 0.2) is 0 Å². The van der Waals surface area contributed by atoms with Crippen molar-refractivity contribution in [2.45, 2.75) is 18.6 Å². The first-order chi connectivity index (χ1) is 10.00. The van der Waals surface area contributed by atoms with Gasteiger partial charge >= 0.3 is 0 Å². The minimum absolute atomic E-state index is 0.261. The van der Waals surface area contributed by atoms with Gasteiger partial charge in [-0.3, -0.25) is 4.98 Å². The molecule has 1 aromatic rings. The van der Waals surface area contributed by atoms with E-state index in [4.69, 9.17) is 9.47 Å². The zero-order chi connectivity index (χ0) is 14.9. The maximum Gasteiger partial charge on any atom is 0.211 e. The van der Waals surface area contributed by atoms with Crippen molar-refractivity contribution in [3.05, 3.63) is 30.1 Å². The van der Waals surface area contributed by atoms with Gasteiger partial charge in [0.05, 0.1) is 19.5 Å². The molecule has 0 aliphatic carbocycles. The predicted molar refractivity (Wildman–Crippen MR) is 77.1 cm³/mol. The molecule has 1 unspecified atom stereocenters. The number of sulfonamides is 1. The van der Waals surface area contributed by atoms with Crippen LogP contribution in [-0.4, -0.2) is 55.9 Å². The van der Waals surface area contributed by atoms with Gasteiger partial charge in [-0.15, -0.1) is 0 Å². The van der Waals surface area contributed by atoms with Crippen LogP contribution in [0.15, 0.2) is 24.5 Å². The van der Waals surface area contributed by atoms with Gasteiger partial charge in [0.2, 0.25) is 10.0 Å². The Labute approximate surface area is 125 Å². The zero-order valence-electron chi connectivity index (χ0n) is 12.1. The minimum atomic E-state index is -3.11. The molecule has 7 heteroatoms. The lowest BCUT2D eigenvalue weighted by atomic mass is 9.83. The molecule has 0 aromatic carbocycles. The average Bonchev–Trinajstić information content (AvgIpc) is 2.81. The summed E-state index contributed by atoms with van der Waals surface area (Å²) in [5, 5.41) is 0. The number of ether oxygens (including phenoxy) is 2. The van der Waals surface area contributed by atoms with Crippen molar-refractivity contribution in [3.8, 4) is 0 Å². The Morgan fingerprint density at radius 2 is 2.14 bits per heavy atom. The third-order valence-corrected chi connectivity index (χ3v) is 5.49. The van der Waals surface area contributed by atoms with Crippen LogP contribution >= 0.6 is 0 Å². The number of hydrogen-bond acceptors (Lipinski definition) is 5. The van der Waals surface area contributed by atoms with E-state index in [9.17, 15) is 8.42 Å². The molecule has 1 spiro atoms. The summed E-state index contributed by atoms with van der Waals surface area (Å²) in [6.45, 7) is 2.73. The zero-order valence-corrected chi connectivity index (χ0v) is 12.9. The van der Waals surface area contributed by atoms with Crippen molar-refractivity contribution in [1.82, 2.24) is 9.29 Å². The monoisotopic (exact) mass is 312 g/mol. The predicted octanol–water partition coefficient (Wildman–Crippen LogP) is 0.649. The van der Waals surface area contributed by atoms with Crippen LogP contribution in [0.4, 0.5) is 0 Å². The number of nitrogens with zero attached hydrogens (tertiary/aromatic N) is 2. The molecule has 0 amide bonds. The molecule has 0 N–H and O–H groups in total. The highest BCUT2D eigenvalue weighted by Crippen LogP contribution is 2.41. The second kappa shape index (κ2) is 5.64. The standard InChI is InChI=1S/C14H20N2O4S/c1-21(17,18)16-10-14(11-16)13(4-7-20-14)9-19-8-12-2-5-15-6-3-12/h2-3,5-6,13H,4,7-11H2,1H3. The second-order valence-electron chi connectivity index (χ2n) is 5.80. The number of pyridine rings is 1. The van der Waals surface area contributed by atoms with E-state index < -0.39 is 10.0 Å². The first kappa shape index (κ1) is 14.9. The van der Waals surface area contributed by atoms with Crippen LogP contribution in [-0.2, 0) is 26.1 Å². The van der Waals surface area contributed by atoms with Crippen molar-refractivity contribution in [3.63, 3.8) is 0 Å². The summed E-state index contributed by atoms with van der Waals surface area (Å²) in [6.07, 6.45) is 5.65. The molecule has 1 atom stereocenters. The van der Waals surface area contributed by atoms with Crippen molar-refractivity contribution < 1.29 is 17.9 Å². The maximum atomic E-state index is 11.5. The fourth-order valence-electron chi connectivity index (χ4n) is 2.95. The number of hydrogen-bond donors (Lipinski definition) is 0. The summed E-state index contributed by atoms with van der Waals surface area (Å²) in [4.78, 5) is 3.97. The fraction of sp³-hybridized carbons (Fsp3) is 0.643. The first-order valence-electron chi connectivity index (χ1n) is 7.05. The number of rotatable bonds is 5. The topological polar surface area (TPSA) is 68.7 Å². The van der Waals surface area contributed by atoms with E-state index in [1.54, 1.807) is 12.4 Å². The summed E-state index contributed by atoms with van der Waals surface area (Å²) in [7, 11) is -3.11. The van der Waals surface area contributed by atoms with E-state index in [-0.39, 0.29) is 11.5 Å². The molecule has 2 fully saturated rings. The molecule has 2 saturated heterocycles. The fourth-order valence-corrected chi connectivity index (χ4v) is 3.86. The molecule has 2 aliphatic heterocycles. The normalized spacial score (nSPS) is 25.1. The maximum absolute atomic E-state index is 11.5. The lowest BCUT2D eigenvalue weighted by Crippen LogP contribution is -2.66. The van der Waals surface area contributed by atoms with Gasteiger partial charge in [0, 0.05) is 38.0 Å². The molecule has 2 aliphatic rings. The SMILES string of the molecule is CS(=O)(=O)N1CC2(C1)OCCC2COCc1ccncc1. The van der Waals surface area contributed by atoms with Crippen molar-refractivity contribution in [2.75, 3.05) is 32.6 Å². The molecular weight excluding hydrogens is 292 g/mol. The summed E-state index contributed by atoms with van der Waals surface area (Å²) in [5.41, 5.74) is 0.755. The second-order valence-corrected chi connectivity index (χ2v) is 7.78. The van der Waals surface area contributed by atoms with Gasteiger partial charge in [-0.25, -0.2) is 8.42 Å². The Hall–Kier alpha value is -1.02. The van der Waals surface area contributed by atoms with Crippen LogP contribution in [0.1, 0.15) is 12.0 Å². The summed E-state index contributed by atoms with van der Waals surface area (Å²) >= 11 is 0. The summed E-state index contributed by atoms with van der Waals surface area (Å²) in [6, 6.07) is 3.85. The molecule has 3 rings (SSSR count). The van der Waals surface area contributed by atoms with Gasteiger partial charge in [-0.05, 0) is 24.1 Å². The number of aromatic nitrogens is 1. The van der Waals surface area contributed by atoms with Crippen LogP contribution in [0.25, 0.3) is 0 Å². The van der Waals surface area contributed by atoms with Crippen molar-refractivity contribution in [1.29, 1.82) is 0 Å². The Kier molecular flexibility index (Phi) is 4.00. The summed E-state index contributed by atoms with van der Waals surface area (Å²) < 4.78 is 36.1. The van der Waals surface area contributed by atoms with Crippen LogP contribution < -0.4 is 0 Å². The van der Waals surface area contributed by atoms with E-state index >= 15 is 0 Å². The van der Waals surface area contributed by atoms with Gasteiger partial charge in [0.1, 0.15) is 5.60 Å². The van der Waals surface area contributed by atoms with E-state index in [1.165, 1.54) is 10.6 Å². The minimum Gasteiger partial charge on any atom is -0.376 e. The van der Waals surface area contributed by atoms with Gasteiger partial charge < -0.3 is 9.47 Å². The molecule has 0 radical (unpaired) electrons. The Morgan fingerprint density at radius 1 is 1.43 bits per heavy atom. The van der Waals surface area contributed by atoms with E-state index in [2.05, 4.69) is 4.98 Å². The molecule has 3 heterocycles. The Morgan fingerprint density at radius 3 is 2.81 bits per heavy atom. The average molecular weight is 312 g/mol. The van der Waals surface area contributed by atoms with Gasteiger partial charge in [-0.1, -0.05) is 0 Å². The van der Waals surface area contributed by atoms with Crippen LogP contribution in [0, 0.1) is 5.92 Å². The molecule has 0 bridgehead atoms. The van der Waals surface area contributed by atoms with Crippen LogP contribution in [0.3, 0.4) is 0 Å². The highest BCUT2D eigenvalue weighted by molar-refractivity contribution is 7.88. The van der Waals surface area contributed by atoms with E-state index in [0.717, 1.165) is 12.0 Å². The smallest absolute Gasteiger partial charge is 0.211 e. The molecule has 116 valence electrons. The Bertz CT molecular complexity index is 584. The van der Waals surface area contributed by atoms with Crippen LogP contribution in [0.5, 0.6) is 0 Å². The third-order valence-electron chi connectivity index (χ3n) is 4.29. The highest BCUT2D eigenvalue weighted by Gasteiger charge is 2.55. The highest BCUT2D eigenvalue weighted by atomic mass is 32.2. The Balaban J connectivity index is 1.52. The van der Waals surface area contributed by atoms with Crippen molar-refractivity contribution in [2.24, 2.45) is 5.92 Å². The summed E-state index contributed by atoms with van der Waals surface area (Å²) in [5.74, 6) is 0.261. The van der Waals surface area contributed by atoms with Crippen LogP contribution in [0.2, 0.25) is 0 Å². The lowest BCUT2D eigenvalue weighted by Gasteiger charge is -2.48. The quantitative estimate of drug-likeness (QED) is 0.798.